The van der Waals surface area contributed by atoms with E-state index in [1.54, 1.807) is 0 Å². The summed E-state index contributed by atoms with van der Waals surface area (Å²) in [6.45, 7) is 3.58. The monoisotopic (exact) mass is 801 g/mol. The van der Waals surface area contributed by atoms with Crippen molar-refractivity contribution in [1.82, 2.24) is 0 Å². The van der Waals surface area contributed by atoms with Crippen molar-refractivity contribution in [3.05, 3.63) is 91.0 Å². The van der Waals surface area contributed by atoms with Gasteiger partial charge in [0, 0.05) is 17.3 Å². The van der Waals surface area contributed by atoms with Gasteiger partial charge in [0.2, 0.25) is 0 Å². The number of thiol groups is 3. The van der Waals surface area contributed by atoms with Gasteiger partial charge in [-0.15, -0.1) is 0 Å². The van der Waals surface area contributed by atoms with Crippen LogP contribution in [-0.4, -0.2) is 106 Å². The zero-order chi connectivity index (χ0) is 34.3. The molecular weight excluding hydrogens is 751 g/mol. The Morgan fingerprint density at radius 1 is 0.652 bits per heavy atom. The fraction of sp³-hybridized carbons (Fsp3) is 0.441. The maximum Gasteiger partial charge on any atom is 0.119 e. The summed E-state index contributed by atoms with van der Waals surface area (Å²) in [5.74, 6) is 3.56. The van der Waals surface area contributed by atoms with Crippen LogP contribution in [-0.2, 0) is 9.53 Å². The summed E-state index contributed by atoms with van der Waals surface area (Å²) >= 11 is 13.2. The van der Waals surface area contributed by atoms with Crippen molar-refractivity contribution in [1.29, 1.82) is 0 Å². The number of unbranched alkanes of at least 4 members (excludes halogenated alkanes) is 1. The summed E-state index contributed by atoms with van der Waals surface area (Å²) in [7, 11) is 0. The molecule has 0 saturated heterocycles. The Morgan fingerprint density at radius 2 is 0.978 bits per heavy atom. The summed E-state index contributed by atoms with van der Waals surface area (Å²) in [6, 6.07) is 28.2. The number of aliphatic hydroxyl groups is 3. The number of benzene rings is 3. The smallest absolute Gasteiger partial charge is 0.119 e. The maximum absolute atomic E-state index is 10.7. The molecule has 0 amide bonds. The molecule has 0 saturated carbocycles. The number of carbonyl (C=O) groups excluding carboxylic acids is 1. The van der Waals surface area contributed by atoms with Gasteiger partial charge in [-0.05, 0) is 36.4 Å². The van der Waals surface area contributed by atoms with Gasteiger partial charge in [0.15, 0.2) is 0 Å². The van der Waals surface area contributed by atoms with E-state index in [0.717, 1.165) is 34.5 Å². The van der Waals surface area contributed by atoms with Gasteiger partial charge < -0.3 is 29.5 Å². The van der Waals surface area contributed by atoms with E-state index >= 15 is 0 Å². The number of para-hydroxylation sites is 3. The molecule has 255 valence electrons. The standard InChI is InChI=1S/3C9H12O2S.C7H13O2.Sn/c3*10-8(7-12)6-11-9-4-2-1-3-5-9;1-3-5-6-9-7(8)4-2;/h3*1-5,8,10,12H,6-7H2;2-6H2,1H3;. The fourth-order valence-electron chi connectivity index (χ4n) is 2.79. The molecule has 3 rings (SSSR count). The largest absolute Gasteiger partial charge is 0.491 e. The molecule has 0 aromatic heterocycles. The van der Waals surface area contributed by atoms with Crippen molar-refractivity contribution in [2.75, 3.05) is 43.7 Å². The minimum Gasteiger partial charge on any atom is -0.491 e. The van der Waals surface area contributed by atoms with Gasteiger partial charge in [-0.25, -0.2) is 0 Å². The third kappa shape index (κ3) is 27.4. The van der Waals surface area contributed by atoms with Gasteiger partial charge in [-0.2, -0.15) is 37.9 Å². The second-order valence-electron chi connectivity index (χ2n) is 9.46. The number of rotatable bonds is 17. The molecule has 12 heteroatoms. The number of aliphatic hydroxyl groups excluding tert-OH is 3. The van der Waals surface area contributed by atoms with Crippen LogP contribution in [0.15, 0.2) is 91.0 Å². The van der Waals surface area contributed by atoms with Crippen molar-refractivity contribution in [2.24, 2.45) is 0 Å². The van der Waals surface area contributed by atoms with E-state index in [4.69, 9.17) is 34.3 Å². The Hall–Kier alpha value is -1.74. The Bertz CT molecular complexity index is 954. The molecule has 0 aliphatic heterocycles. The van der Waals surface area contributed by atoms with E-state index < -0.39 is 18.3 Å². The Labute approximate surface area is 304 Å². The van der Waals surface area contributed by atoms with Crippen LogP contribution < -0.4 is 14.2 Å². The van der Waals surface area contributed by atoms with E-state index in [2.05, 4.69) is 44.8 Å². The quantitative estimate of drug-likeness (QED) is 0.0468. The van der Waals surface area contributed by atoms with Gasteiger partial charge >= 0.3 is 75.3 Å². The average molecular weight is 801 g/mol. The van der Waals surface area contributed by atoms with Crippen molar-refractivity contribution in [3.63, 3.8) is 0 Å². The molecule has 0 aliphatic rings. The zero-order valence-corrected chi connectivity index (χ0v) is 31.9. The van der Waals surface area contributed by atoms with Crippen LogP contribution in [0.25, 0.3) is 0 Å². The summed E-state index contributed by atoms with van der Waals surface area (Å²) in [4.78, 5) is 10.7. The Balaban J connectivity index is 0.000000589. The second kappa shape index (κ2) is 31.8. The topological polar surface area (TPSA) is 115 Å². The molecule has 3 aromatic rings. The van der Waals surface area contributed by atoms with E-state index in [9.17, 15) is 4.79 Å². The van der Waals surface area contributed by atoms with Crippen molar-refractivity contribution < 1.29 is 39.1 Å². The predicted molar refractivity (Wildman–Crippen MR) is 196 cm³/mol. The van der Waals surface area contributed by atoms with E-state index in [-0.39, 0.29) is 5.97 Å². The molecule has 0 heterocycles. The third-order valence-corrected chi connectivity index (χ3v) is 7.26. The first-order chi connectivity index (χ1) is 22.3. The second-order valence-corrected chi connectivity index (χ2v) is 12.0. The summed E-state index contributed by atoms with van der Waals surface area (Å²) < 4.78 is 21.6. The molecule has 3 N–H and O–H groups in total. The van der Waals surface area contributed by atoms with Crippen molar-refractivity contribution in [2.45, 2.75) is 48.9 Å². The first-order valence-corrected chi connectivity index (χ1v) is 18.9. The van der Waals surface area contributed by atoms with E-state index in [1.165, 1.54) is 22.5 Å². The van der Waals surface area contributed by atoms with Crippen LogP contribution in [0.5, 0.6) is 17.2 Å². The Morgan fingerprint density at radius 3 is 1.24 bits per heavy atom. The molecule has 0 bridgehead atoms. The summed E-state index contributed by atoms with van der Waals surface area (Å²) in [5.41, 5.74) is 0. The molecule has 3 aromatic carbocycles. The van der Waals surface area contributed by atoms with Crippen LogP contribution in [0.4, 0.5) is 0 Å². The van der Waals surface area contributed by atoms with Gasteiger partial charge in [0.1, 0.15) is 37.1 Å². The van der Waals surface area contributed by atoms with Crippen molar-refractivity contribution in [3.8, 4) is 17.2 Å². The number of carbonyl (C=O) groups is 1. The molecule has 8 nitrogen and oxygen atoms in total. The van der Waals surface area contributed by atoms with Gasteiger partial charge in [0.05, 0.1) is 18.3 Å². The van der Waals surface area contributed by atoms with Crippen LogP contribution in [0.3, 0.4) is 0 Å². The van der Waals surface area contributed by atoms with Crippen LogP contribution in [0.2, 0.25) is 4.44 Å². The van der Waals surface area contributed by atoms with Gasteiger partial charge in [0.25, 0.3) is 0 Å². The molecule has 0 aliphatic carbocycles. The molecular formula is C34H49O8S3Sn. The third-order valence-electron chi connectivity index (χ3n) is 5.28. The Kier molecular flexibility index (Phi) is 30.6. The average Bonchev–Trinajstić information content (AvgIpc) is 3.11. The number of hydrogen-bond acceptors (Lipinski definition) is 11. The first-order valence-electron chi connectivity index (χ1n) is 15.0. The first kappa shape index (κ1) is 44.3. The minimum absolute atomic E-state index is 0.0368. The molecule has 0 spiro atoms. The van der Waals surface area contributed by atoms with Crippen molar-refractivity contribution >= 4 is 66.4 Å². The zero-order valence-electron chi connectivity index (χ0n) is 26.4. The van der Waals surface area contributed by atoms with Gasteiger partial charge in [-0.1, -0.05) is 54.6 Å². The number of ether oxygens (including phenoxy) is 4. The summed E-state index contributed by atoms with van der Waals surface area (Å²) in [5, 5.41) is 27.4. The summed E-state index contributed by atoms with van der Waals surface area (Å²) in [6.07, 6.45) is 1.20. The van der Waals surface area contributed by atoms with Crippen LogP contribution in [0.1, 0.15) is 26.2 Å². The normalized spacial score (nSPS) is 11.8. The molecule has 0 fully saturated rings. The fourth-order valence-corrected chi connectivity index (χ4v) is 3.69. The van der Waals surface area contributed by atoms with Crippen LogP contribution in [0, 0.1) is 0 Å². The molecule has 3 atom stereocenters. The SMILES string of the molecule is CCCCOC(=O)C[CH2][Sn].OC(CS)COc1ccccc1.OC(CS)COc1ccccc1.OC(CS)COc1ccccc1. The molecule has 3 radical (unpaired) electrons. The molecule has 46 heavy (non-hydrogen) atoms. The van der Waals surface area contributed by atoms with Gasteiger partial charge in [-0.3, -0.25) is 0 Å². The minimum atomic E-state index is -0.492. The molecule has 3 unspecified atom stereocenters. The predicted octanol–water partition coefficient (Wildman–Crippen LogP) is 5.37. The van der Waals surface area contributed by atoms with Crippen LogP contribution >= 0.6 is 37.9 Å². The van der Waals surface area contributed by atoms with E-state index in [0.29, 0.717) is 50.1 Å². The number of hydrogen-bond donors (Lipinski definition) is 6. The maximum atomic E-state index is 10.7. The number of esters is 1. The van der Waals surface area contributed by atoms with E-state index in [1.807, 2.05) is 91.0 Å².